The Hall–Kier alpha value is -1.29. The van der Waals surface area contributed by atoms with E-state index >= 15 is 0 Å². The largest absolute Gasteiger partial charge is 0.349 e. The van der Waals surface area contributed by atoms with Crippen molar-refractivity contribution in [2.45, 2.75) is 38.6 Å². The van der Waals surface area contributed by atoms with Gasteiger partial charge in [-0.3, -0.25) is 9.59 Å². The molecule has 4 heteroatoms. The summed E-state index contributed by atoms with van der Waals surface area (Å²) in [7, 11) is 0. The van der Waals surface area contributed by atoms with Crippen LogP contribution in [0, 0.1) is 0 Å². The third-order valence-corrected chi connectivity index (χ3v) is 4.15. The number of benzene rings is 1. The van der Waals surface area contributed by atoms with Crippen LogP contribution in [0.5, 0.6) is 0 Å². The predicted molar refractivity (Wildman–Crippen MR) is 78.0 cm³/mol. The van der Waals surface area contributed by atoms with E-state index < -0.39 is 0 Å². The van der Waals surface area contributed by atoms with Crippen LogP contribution in [0.25, 0.3) is 0 Å². The molecule has 1 aliphatic carbocycles. The fourth-order valence-corrected chi connectivity index (χ4v) is 3.03. The number of thioether (sulfide) groups is 1. The molecular weight excluding hydrogens is 258 g/mol. The second-order valence-electron chi connectivity index (χ2n) is 4.80. The maximum Gasteiger partial charge on any atom is 0.221 e. The van der Waals surface area contributed by atoms with E-state index in [0.29, 0.717) is 12.2 Å². The number of fused-ring (bicyclic) bond motifs is 1. The highest BCUT2D eigenvalue weighted by Gasteiger charge is 2.20. The van der Waals surface area contributed by atoms with Gasteiger partial charge in [0.1, 0.15) is 0 Å². The molecule has 1 aliphatic rings. The molecule has 2 rings (SSSR count). The third-order valence-electron chi connectivity index (χ3n) is 3.34. The van der Waals surface area contributed by atoms with Crippen LogP contribution in [0.3, 0.4) is 0 Å². The summed E-state index contributed by atoms with van der Waals surface area (Å²) in [4.78, 5) is 22.7. The van der Waals surface area contributed by atoms with Gasteiger partial charge < -0.3 is 5.32 Å². The average molecular weight is 277 g/mol. The van der Waals surface area contributed by atoms with Crippen molar-refractivity contribution in [3.63, 3.8) is 0 Å². The molecule has 0 fully saturated rings. The number of aryl methyl sites for hydroxylation is 1. The minimum absolute atomic E-state index is 0.0375. The van der Waals surface area contributed by atoms with Crippen molar-refractivity contribution in [1.82, 2.24) is 5.32 Å². The Labute approximate surface area is 118 Å². The molecular formula is C15H19NO2S. The van der Waals surface area contributed by atoms with Crippen LogP contribution in [-0.2, 0) is 16.0 Å². The highest BCUT2D eigenvalue weighted by Crippen LogP contribution is 2.29. The molecule has 19 heavy (non-hydrogen) atoms. The van der Waals surface area contributed by atoms with E-state index in [1.54, 1.807) is 0 Å². The summed E-state index contributed by atoms with van der Waals surface area (Å²) in [6.07, 6.45) is 3.62. The molecule has 0 saturated heterocycles. The van der Waals surface area contributed by atoms with Crippen molar-refractivity contribution < 1.29 is 9.59 Å². The minimum atomic E-state index is 0.0375. The molecule has 1 N–H and O–H groups in total. The Balaban J connectivity index is 1.90. The zero-order valence-corrected chi connectivity index (χ0v) is 12.0. The van der Waals surface area contributed by atoms with Crippen molar-refractivity contribution >= 4 is 22.8 Å². The van der Waals surface area contributed by atoms with Gasteiger partial charge in [0, 0.05) is 19.1 Å². The number of hydrogen-bond acceptors (Lipinski definition) is 3. The summed E-state index contributed by atoms with van der Waals surface area (Å²) in [6, 6.07) is 8.45. The Morgan fingerprint density at radius 1 is 1.37 bits per heavy atom. The minimum Gasteiger partial charge on any atom is -0.349 e. The predicted octanol–water partition coefficient (Wildman–Crippen LogP) is 2.85. The Morgan fingerprint density at radius 2 is 2.16 bits per heavy atom. The smallest absolute Gasteiger partial charge is 0.221 e. The van der Waals surface area contributed by atoms with Gasteiger partial charge in [0.25, 0.3) is 0 Å². The first-order valence-electron chi connectivity index (χ1n) is 6.67. The second-order valence-corrected chi connectivity index (χ2v) is 6.07. The molecule has 0 saturated carbocycles. The van der Waals surface area contributed by atoms with Gasteiger partial charge in [-0.25, -0.2) is 0 Å². The van der Waals surface area contributed by atoms with Crippen LogP contribution in [0.2, 0.25) is 0 Å². The third kappa shape index (κ3) is 4.10. The van der Waals surface area contributed by atoms with E-state index in [2.05, 4.69) is 17.4 Å². The molecule has 0 radical (unpaired) electrons. The number of carbonyl (C=O) groups is 2. The molecule has 1 atom stereocenters. The van der Waals surface area contributed by atoms with Crippen molar-refractivity contribution in [2.24, 2.45) is 0 Å². The lowest BCUT2D eigenvalue weighted by molar-refractivity contribution is -0.121. The van der Waals surface area contributed by atoms with Gasteiger partial charge in [-0.2, -0.15) is 0 Å². The molecule has 1 unspecified atom stereocenters. The van der Waals surface area contributed by atoms with Crippen LogP contribution in [0.15, 0.2) is 24.3 Å². The molecule has 0 heterocycles. The van der Waals surface area contributed by atoms with E-state index in [1.807, 2.05) is 12.1 Å². The SMILES string of the molecule is CC(=O)SCCC(=O)NC1CCCc2ccccc21. The van der Waals surface area contributed by atoms with Crippen LogP contribution in [0.4, 0.5) is 0 Å². The quantitative estimate of drug-likeness (QED) is 0.920. The number of hydrogen-bond donors (Lipinski definition) is 1. The standard InChI is InChI=1S/C15H19NO2S/c1-11(17)19-10-9-15(18)16-14-8-4-6-12-5-2-3-7-13(12)14/h2-3,5,7,14H,4,6,8-10H2,1H3,(H,16,18). The first-order valence-corrected chi connectivity index (χ1v) is 7.66. The lowest BCUT2D eigenvalue weighted by Gasteiger charge is -2.26. The van der Waals surface area contributed by atoms with Gasteiger partial charge in [0.05, 0.1) is 6.04 Å². The van der Waals surface area contributed by atoms with E-state index in [-0.39, 0.29) is 17.1 Å². The summed E-state index contributed by atoms with van der Waals surface area (Å²) < 4.78 is 0. The van der Waals surface area contributed by atoms with Crippen molar-refractivity contribution in [1.29, 1.82) is 0 Å². The normalized spacial score (nSPS) is 17.6. The highest BCUT2D eigenvalue weighted by atomic mass is 32.2. The molecule has 1 amide bonds. The Morgan fingerprint density at radius 3 is 2.95 bits per heavy atom. The summed E-state index contributed by atoms with van der Waals surface area (Å²) >= 11 is 1.21. The molecule has 0 spiro atoms. The number of nitrogens with one attached hydrogen (secondary N) is 1. The van der Waals surface area contributed by atoms with E-state index in [0.717, 1.165) is 19.3 Å². The van der Waals surface area contributed by atoms with Crippen molar-refractivity contribution in [2.75, 3.05) is 5.75 Å². The topological polar surface area (TPSA) is 46.2 Å². The molecule has 1 aromatic carbocycles. The van der Waals surface area contributed by atoms with E-state index in [1.165, 1.54) is 29.8 Å². The van der Waals surface area contributed by atoms with Crippen LogP contribution in [0.1, 0.15) is 43.4 Å². The molecule has 102 valence electrons. The molecule has 1 aromatic rings. The fraction of sp³-hybridized carbons (Fsp3) is 0.467. The number of amides is 1. The van der Waals surface area contributed by atoms with Gasteiger partial charge in [-0.1, -0.05) is 36.0 Å². The maximum atomic E-state index is 11.9. The Bertz CT molecular complexity index is 473. The van der Waals surface area contributed by atoms with Crippen LogP contribution >= 0.6 is 11.8 Å². The highest BCUT2D eigenvalue weighted by molar-refractivity contribution is 8.13. The van der Waals surface area contributed by atoms with Crippen molar-refractivity contribution in [3.8, 4) is 0 Å². The number of carbonyl (C=O) groups excluding carboxylic acids is 2. The molecule has 0 aromatic heterocycles. The first-order chi connectivity index (χ1) is 9.16. The van der Waals surface area contributed by atoms with Gasteiger partial charge >= 0.3 is 0 Å². The first kappa shape index (κ1) is 14.1. The summed E-state index contributed by atoms with van der Waals surface area (Å²) in [6.45, 7) is 1.53. The second kappa shape index (κ2) is 6.75. The fourth-order valence-electron chi connectivity index (χ4n) is 2.46. The monoisotopic (exact) mass is 277 g/mol. The lowest BCUT2D eigenvalue weighted by atomic mass is 9.88. The summed E-state index contributed by atoms with van der Waals surface area (Å²) in [5, 5.41) is 3.15. The van der Waals surface area contributed by atoms with Crippen molar-refractivity contribution in [3.05, 3.63) is 35.4 Å². The summed E-state index contributed by atoms with van der Waals surface area (Å²) in [5.41, 5.74) is 2.60. The van der Waals surface area contributed by atoms with Crippen LogP contribution < -0.4 is 5.32 Å². The van der Waals surface area contributed by atoms with E-state index in [9.17, 15) is 9.59 Å². The van der Waals surface area contributed by atoms with Gasteiger partial charge in [-0.15, -0.1) is 0 Å². The molecule has 0 aliphatic heterocycles. The molecule has 3 nitrogen and oxygen atoms in total. The zero-order chi connectivity index (χ0) is 13.7. The summed E-state index contributed by atoms with van der Waals surface area (Å²) in [5.74, 6) is 0.602. The zero-order valence-electron chi connectivity index (χ0n) is 11.1. The van der Waals surface area contributed by atoms with Gasteiger partial charge in [-0.05, 0) is 30.4 Å². The average Bonchev–Trinajstić information content (AvgIpc) is 2.39. The maximum absolute atomic E-state index is 11.9. The lowest BCUT2D eigenvalue weighted by Crippen LogP contribution is -2.31. The van der Waals surface area contributed by atoms with Crippen LogP contribution in [-0.4, -0.2) is 16.8 Å². The Kier molecular flexibility index (Phi) is 5.02. The van der Waals surface area contributed by atoms with Gasteiger partial charge in [0.2, 0.25) is 5.91 Å². The van der Waals surface area contributed by atoms with Gasteiger partial charge in [0.15, 0.2) is 5.12 Å². The molecule has 0 bridgehead atoms. The number of rotatable bonds is 4. The van der Waals surface area contributed by atoms with E-state index in [4.69, 9.17) is 0 Å².